The van der Waals surface area contributed by atoms with Gasteiger partial charge in [-0.1, -0.05) is 25.0 Å². The number of carbonyl (C=O) groups excluding carboxylic acids is 1. The number of rotatable bonds is 6. The molecule has 1 atom stereocenters. The molecule has 1 unspecified atom stereocenters. The Kier molecular flexibility index (Phi) is 5.62. The van der Waals surface area contributed by atoms with Gasteiger partial charge in [0.05, 0.1) is 23.8 Å². The number of nitrogens with zero attached hydrogens (tertiary/aromatic N) is 2. The fourth-order valence-corrected chi connectivity index (χ4v) is 5.20. The highest BCUT2D eigenvalue weighted by Crippen LogP contribution is 2.37. The van der Waals surface area contributed by atoms with Gasteiger partial charge in [0.15, 0.2) is 0 Å². The fraction of sp³-hybridized carbons (Fsp3) is 0.391. The molecule has 0 aliphatic heterocycles. The van der Waals surface area contributed by atoms with Crippen molar-refractivity contribution in [3.05, 3.63) is 75.5 Å². The van der Waals surface area contributed by atoms with E-state index in [1.165, 1.54) is 30.6 Å². The fourth-order valence-electron chi connectivity index (χ4n) is 4.33. The molecule has 146 valence electrons. The lowest BCUT2D eigenvalue weighted by molar-refractivity contribution is 0.0922. The molecular formula is C23H27N3OS. The van der Waals surface area contributed by atoms with E-state index in [-0.39, 0.29) is 11.9 Å². The maximum absolute atomic E-state index is 13.2. The minimum Gasteiger partial charge on any atom is -0.344 e. The highest BCUT2D eigenvalue weighted by Gasteiger charge is 2.29. The van der Waals surface area contributed by atoms with Crippen molar-refractivity contribution in [3.8, 4) is 0 Å². The molecule has 4 rings (SSSR count). The third-order valence-corrected chi connectivity index (χ3v) is 6.83. The summed E-state index contributed by atoms with van der Waals surface area (Å²) in [5.74, 6) is 0.574. The molecule has 1 aliphatic carbocycles. The third kappa shape index (κ3) is 3.90. The number of aromatic nitrogens is 2. The maximum Gasteiger partial charge on any atom is 0.253 e. The van der Waals surface area contributed by atoms with Crippen LogP contribution in [0.5, 0.6) is 0 Å². The highest BCUT2D eigenvalue weighted by molar-refractivity contribution is 7.10. The predicted octanol–water partition coefficient (Wildman–Crippen LogP) is 5.27. The Bertz CT molecular complexity index is 924. The molecule has 1 fully saturated rings. The molecule has 0 spiro atoms. The Morgan fingerprint density at radius 2 is 2.07 bits per heavy atom. The minimum atomic E-state index is 0.0330. The third-order valence-electron chi connectivity index (χ3n) is 5.87. The van der Waals surface area contributed by atoms with Gasteiger partial charge in [0.2, 0.25) is 0 Å². The average Bonchev–Trinajstić information content (AvgIpc) is 3.46. The van der Waals surface area contributed by atoms with E-state index < -0.39 is 0 Å². The summed E-state index contributed by atoms with van der Waals surface area (Å²) in [5, 5.41) is 5.46. The quantitative estimate of drug-likeness (QED) is 0.620. The van der Waals surface area contributed by atoms with E-state index in [4.69, 9.17) is 0 Å². The second kappa shape index (κ2) is 8.31. The molecule has 3 aromatic heterocycles. The van der Waals surface area contributed by atoms with Crippen molar-refractivity contribution < 1.29 is 4.79 Å². The van der Waals surface area contributed by atoms with Crippen molar-refractivity contribution in [1.82, 2.24) is 14.9 Å². The van der Waals surface area contributed by atoms with E-state index in [1.807, 2.05) is 37.4 Å². The Balaban J connectivity index is 1.56. The monoisotopic (exact) mass is 393 g/mol. The van der Waals surface area contributed by atoms with Gasteiger partial charge < -0.3 is 9.88 Å². The normalized spacial score (nSPS) is 15.6. The molecule has 0 radical (unpaired) electrons. The number of carbonyl (C=O) groups is 1. The zero-order valence-electron chi connectivity index (χ0n) is 16.5. The van der Waals surface area contributed by atoms with Crippen molar-refractivity contribution in [1.29, 1.82) is 0 Å². The second-order valence-corrected chi connectivity index (χ2v) is 8.68. The Morgan fingerprint density at radius 3 is 2.75 bits per heavy atom. The summed E-state index contributed by atoms with van der Waals surface area (Å²) in [6.45, 7) is 4.77. The van der Waals surface area contributed by atoms with E-state index in [0.29, 0.717) is 12.5 Å². The van der Waals surface area contributed by atoms with Gasteiger partial charge in [0.1, 0.15) is 0 Å². The molecule has 3 heterocycles. The molecule has 1 saturated carbocycles. The lowest BCUT2D eigenvalue weighted by Crippen LogP contribution is -2.32. The van der Waals surface area contributed by atoms with Crippen LogP contribution in [0.25, 0.3) is 0 Å². The lowest BCUT2D eigenvalue weighted by atomic mass is 9.96. The Labute approximate surface area is 170 Å². The largest absolute Gasteiger partial charge is 0.344 e. The molecule has 5 heteroatoms. The Morgan fingerprint density at radius 1 is 1.25 bits per heavy atom. The summed E-state index contributed by atoms with van der Waals surface area (Å²) in [5.41, 5.74) is 3.85. The van der Waals surface area contributed by atoms with Gasteiger partial charge in [-0.3, -0.25) is 9.78 Å². The number of nitrogens with one attached hydrogen (secondary N) is 1. The van der Waals surface area contributed by atoms with Crippen LogP contribution >= 0.6 is 11.3 Å². The number of thiophene rings is 1. The number of hydrogen-bond acceptors (Lipinski definition) is 3. The first-order valence-corrected chi connectivity index (χ1v) is 10.9. The first kappa shape index (κ1) is 18.9. The van der Waals surface area contributed by atoms with Gasteiger partial charge in [-0.2, -0.15) is 0 Å². The van der Waals surface area contributed by atoms with Crippen LogP contribution < -0.4 is 5.32 Å². The van der Waals surface area contributed by atoms with Crippen LogP contribution in [-0.2, 0) is 6.54 Å². The molecule has 0 aromatic carbocycles. The minimum absolute atomic E-state index is 0.0330. The van der Waals surface area contributed by atoms with Gasteiger partial charge in [0.25, 0.3) is 5.91 Å². The van der Waals surface area contributed by atoms with Gasteiger partial charge >= 0.3 is 0 Å². The van der Waals surface area contributed by atoms with Gasteiger partial charge in [0, 0.05) is 22.5 Å². The number of hydrogen-bond donors (Lipinski definition) is 1. The van der Waals surface area contributed by atoms with Crippen LogP contribution in [0.15, 0.2) is 48.0 Å². The zero-order chi connectivity index (χ0) is 19.5. The van der Waals surface area contributed by atoms with Gasteiger partial charge in [-0.25, -0.2) is 0 Å². The lowest BCUT2D eigenvalue weighted by Gasteiger charge is -2.24. The average molecular weight is 394 g/mol. The smallest absolute Gasteiger partial charge is 0.253 e. The molecule has 1 amide bonds. The second-order valence-electron chi connectivity index (χ2n) is 7.70. The standard InChI is InChI=1S/C23H27N3OS/c1-16-14-20(17(2)26(16)15-19-10-5-6-12-24-19)23(27)25-22(18-8-3-4-9-18)21-11-7-13-28-21/h5-7,10-14,18,22H,3-4,8-9,15H2,1-2H3,(H,25,27). The van der Waals surface area contributed by atoms with Crippen LogP contribution in [0.1, 0.15) is 64.0 Å². The van der Waals surface area contributed by atoms with Crippen LogP contribution in [-0.4, -0.2) is 15.5 Å². The van der Waals surface area contributed by atoms with Gasteiger partial charge in [-0.05, 0) is 62.3 Å². The van der Waals surface area contributed by atoms with Crippen LogP contribution in [0.3, 0.4) is 0 Å². The molecule has 1 aliphatic rings. The molecule has 3 aromatic rings. The van der Waals surface area contributed by atoms with E-state index >= 15 is 0 Å². The van der Waals surface area contributed by atoms with E-state index in [0.717, 1.165) is 22.6 Å². The summed E-state index contributed by atoms with van der Waals surface area (Å²) >= 11 is 1.74. The summed E-state index contributed by atoms with van der Waals surface area (Å²) in [6, 6.07) is 12.3. The van der Waals surface area contributed by atoms with Crippen molar-refractivity contribution in [2.45, 2.75) is 52.1 Å². The van der Waals surface area contributed by atoms with Gasteiger partial charge in [-0.15, -0.1) is 11.3 Å². The molecule has 0 saturated heterocycles. The predicted molar refractivity (Wildman–Crippen MR) is 114 cm³/mol. The molecule has 0 bridgehead atoms. The molecule has 4 nitrogen and oxygen atoms in total. The van der Waals surface area contributed by atoms with Crippen LogP contribution in [0.2, 0.25) is 0 Å². The summed E-state index contributed by atoms with van der Waals surface area (Å²) in [7, 11) is 0. The van der Waals surface area contributed by atoms with E-state index in [1.54, 1.807) is 11.3 Å². The van der Waals surface area contributed by atoms with E-state index in [9.17, 15) is 4.79 Å². The SMILES string of the molecule is Cc1cc(C(=O)NC(c2cccs2)C2CCCC2)c(C)n1Cc1ccccn1. The first-order valence-electron chi connectivity index (χ1n) is 10.0. The van der Waals surface area contributed by atoms with Crippen molar-refractivity contribution in [2.75, 3.05) is 0 Å². The van der Waals surface area contributed by atoms with Crippen LogP contribution in [0, 0.1) is 19.8 Å². The number of pyridine rings is 1. The summed E-state index contributed by atoms with van der Waals surface area (Å²) < 4.78 is 2.17. The number of amides is 1. The topological polar surface area (TPSA) is 46.9 Å². The molecule has 28 heavy (non-hydrogen) atoms. The zero-order valence-corrected chi connectivity index (χ0v) is 17.3. The Hall–Kier alpha value is -2.40. The molecular weight excluding hydrogens is 366 g/mol. The van der Waals surface area contributed by atoms with Crippen molar-refractivity contribution >= 4 is 17.2 Å². The van der Waals surface area contributed by atoms with Crippen LogP contribution in [0.4, 0.5) is 0 Å². The number of aryl methyl sites for hydroxylation is 1. The summed E-state index contributed by atoms with van der Waals surface area (Å²) in [4.78, 5) is 18.9. The van der Waals surface area contributed by atoms with Crippen molar-refractivity contribution in [3.63, 3.8) is 0 Å². The maximum atomic E-state index is 13.2. The van der Waals surface area contributed by atoms with E-state index in [2.05, 4.69) is 39.3 Å². The highest BCUT2D eigenvalue weighted by atomic mass is 32.1. The van der Waals surface area contributed by atoms with Crippen molar-refractivity contribution in [2.24, 2.45) is 5.92 Å². The first-order chi connectivity index (χ1) is 13.6. The molecule has 1 N–H and O–H groups in total. The summed E-state index contributed by atoms with van der Waals surface area (Å²) in [6.07, 6.45) is 6.73.